The predicted molar refractivity (Wildman–Crippen MR) is 68.1 cm³/mol. The molecule has 0 saturated carbocycles. The van der Waals surface area contributed by atoms with Crippen molar-refractivity contribution in [1.82, 2.24) is 5.32 Å². The van der Waals surface area contributed by atoms with Gasteiger partial charge in [0.05, 0.1) is 10.7 Å². The van der Waals surface area contributed by atoms with Crippen LogP contribution in [0.1, 0.15) is 20.8 Å². The zero-order chi connectivity index (χ0) is 13.1. The van der Waals surface area contributed by atoms with Crippen LogP contribution in [0.2, 0.25) is 5.02 Å². The molecule has 1 aromatic carbocycles. The summed E-state index contributed by atoms with van der Waals surface area (Å²) in [6.45, 7) is 5.18. The van der Waals surface area contributed by atoms with E-state index in [1.807, 2.05) is 0 Å². The molecule has 2 N–H and O–H groups in total. The Morgan fingerprint density at radius 1 is 1.18 bits per heavy atom. The van der Waals surface area contributed by atoms with Gasteiger partial charge in [-0.3, -0.25) is 10.1 Å². The molecule has 0 fully saturated rings. The summed E-state index contributed by atoms with van der Waals surface area (Å²) in [7, 11) is 0. The third-order valence-electron chi connectivity index (χ3n) is 2.03. The molecule has 4 nitrogen and oxygen atoms in total. The monoisotopic (exact) mass is 254 g/mol. The maximum absolute atomic E-state index is 11.5. The van der Waals surface area contributed by atoms with Crippen LogP contribution in [0, 0.1) is 5.41 Å². The predicted octanol–water partition coefficient (Wildman–Crippen LogP) is 3.03. The van der Waals surface area contributed by atoms with E-state index in [1.165, 1.54) is 0 Å². The Kier molecular flexibility index (Phi) is 4.12. The second-order valence-electron chi connectivity index (χ2n) is 4.64. The van der Waals surface area contributed by atoms with Crippen LogP contribution in [-0.2, 0) is 4.79 Å². The van der Waals surface area contributed by atoms with Gasteiger partial charge in [-0.25, -0.2) is 4.79 Å². The Labute approximate surface area is 105 Å². The maximum atomic E-state index is 11.5. The van der Waals surface area contributed by atoms with Crippen molar-refractivity contribution < 1.29 is 9.59 Å². The van der Waals surface area contributed by atoms with Gasteiger partial charge in [-0.05, 0) is 12.1 Å². The summed E-state index contributed by atoms with van der Waals surface area (Å²) in [6.07, 6.45) is 0. The van der Waals surface area contributed by atoms with E-state index in [2.05, 4.69) is 10.6 Å². The van der Waals surface area contributed by atoms with E-state index in [4.69, 9.17) is 11.6 Å². The highest BCUT2D eigenvalue weighted by Gasteiger charge is 2.23. The van der Waals surface area contributed by atoms with E-state index in [9.17, 15) is 9.59 Å². The van der Waals surface area contributed by atoms with Crippen molar-refractivity contribution in [1.29, 1.82) is 0 Å². The topological polar surface area (TPSA) is 58.2 Å². The normalized spacial score (nSPS) is 10.8. The number of nitrogens with one attached hydrogen (secondary N) is 2. The van der Waals surface area contributed by atoms with Gasteiger partial charge in [-0.15, -0.1) is 0 Å². The summed E-state index contributed by atoms with van der Waals surface area (Å²) in [5.74, 6) is -0.345. The van der Waals surface area contributed by atoms with Crippen LogP contribution in [0.15, 0.2) is 24.3 Å². The number of halogens is 1. The van der Waals surface area contributed by atoms with Crippen molar-refractivity contribution in [3.8, 4) is 0 Å². The van der Waals surface area contributed by atoms with E-state index in [0.29, 0.717) is 10.7 Å². The van der Waals surface area contributed by atoms with Gasteiger partial charge in [-0.2, -0.15) is 0 Å². The molecular weight excluding hydrogens is 240 g/mol. The zero-order valence-corrected chi connectivity index (χ0v) is 10.8. The molecule has 5 heteroatoms. The molecule has 1 rings (SSSR count). The summed E-state index contributed by atoms with van der Waals surface area (Å²) in [6, 6.07) is 6.23. The fourth-order valence-electron chi connectivity index (χ4n) is 1.01. The summed E-state index contributed by atoms with van der Waals surface area (Å²) < 4.78 is 0. The zero-order valence-electron chi connectivity index (χ0n) is 10.0. The lowest BCUT2D eigenvalue weighted by Gasteiger charge is -2.17. The van der Waals surface area contributed by atoms with Gasteiger partial charge in [0.25, 0.3) is 0 Å². The number of para-hydroxylation sites is 1. The lowest BCUT2D eigenvalue weighted by molar-refractivity contribution is -0.127. The minimum atomic E-state index is -0.613. The van der Waals surface area contributed by atoms with Gasteiger partial charge in [-0.1, -0.05) is 44.5 Å². The Morgan fingerprint density at radius 3 is 2.29 bits per heavy atom. The standard InChI is InChI=1S/C12H15ClN2O2/c1-12(2,3)10(16)15-11(17)14-9-7-5-4-6-8(9)13/h4-7H,1-3H3,(H2,14,15,16,17). The Balaban J connectivity index is 2.63. The third kappa shape index (κ3) is 4.07. The van der Waals surface area contributed by atoms with E-state index in [-0.39, 0.29) is 5.91 Å². The Morgan fingerprint density at radius 2 is 1.76 bits per heavy atom. The van der Waals surface area contributed by atoms with Crippen molar-refractivity contribution in [3.05, 3.63) is 29.3 Å². The number of hydrogen-bond acceptors (Lipinski definition) is 2. The van der Waals surface area contributed by atoms with Crippen LogP contribution in [0.4, 0.5) is 10.5 Å². The molecule has 0 aliphatic carbocycles. The van der Waals surface area contributed by atoms with Gasteiger partial charge in [0.1, 0.15) is 0 Å². The Bertz CT molecular complexity index is 438. The molecule has 0 spiro atoms. The van der Waals surface area contributed by atoms with Crippen molar-refractivity contribution >= 4 is 29.2 Å². The first-order valence-electron chi connectivity index (χ1n) is 5.17. The molecule has 1 aromatic rings. The molecular formula is C12H15ClN2O2. The van der Waals surface area contributed by atoms with Crippen LogP contribution in [0.3, 0.4) is 0 Å². The molecule has 0 unspecified atom stereocenters. The van der Waals surface area contributed by atoms with Crippen LogP contribution in [-0.4, -0.2) is 11.9 Å². The van der Waals surface area contributed by atoms with Gasteiger partial charge in [0, 0.05) is 5.41 Å². The molecule has 0 heterocycles. The second kappa shape index (κ2) is 5.19. The van der Waals surface area contributed by atoms with Gasteiger partial charge < -0.3 is 5.32 Å². The SMILES string of the molecule is CC(C)(C)C(=O)NC(=O)Nc1ccccc1Cl. The summed E-state index contributed by atoms with van der Waals surface area (Å²) in [5, 5.41) is 5.18. The van der Waals surface area contributed by atoms with E-state index in [1.54, 1.807) is 45.0 Å². The maximum Gasteiger partial charge on any atom is 0.325 e. The number of hydrogen-bond donors (Lipinski definition) is 2. The van der Waals surface area contributed by atoms with Crippen molar-refractivity contribution in [2.45, 2.75) is 20.8 Å². The summed E-state index contributed by atoms with van der Waals surface area (Å²) in [5.41, 5.74) is -0.147. The molecule has 0 bridgehead atoms. The van der Waals surface area contributed by atoms with E-state index >= 15 is 0 Å². The highest BCUT2D eigenvalue weighted by atomic mass is 35.5. The number of anilines is 1. The number of urea groups is 1. The van der Waals surface area contributed by atoms with E-state index in [0.717, 1.165) is 0 Å². The smallest absolute Gasteiger partial charge is 0.306 e. The van der Waals surface area contributed by atoms with Crippen molar-refractivity contribution in [3.63, 3.8) is 0 Å². The number of rotatable bonds is 1. The highest BCUT2D eigenvalue weighted by molar-refractivity contribution is 6.33. The van der Waals surface area contributed by atoms with Crippen LogP contribution in [0.5, 0.6) is 0 Å². The van der Waals surface area contributed by atoms with Crippen LogP contribution < -0.4 is 10.6 Å². The summed E-state index contributed by atoms with van der Waals surface area (Å²) >= 11 is 5.87. The minimum absolute atomic E-state index is 0.345. The van der Waals surface area contributed by atoms with Gasteiger partial charge in [0.2, 0.25) is 5.91 Å². The fraction of sp³-hybridized carbons (Fsp3) is 0.333. The number of carbonyl (C=O) groups excluding carboxylic acids is 2. The highest BCUT2D eigenvalue weighted by Crippen LogP contribution is 2.20. The molecule has 0 aliphatic heterocycles. The van der Waals surface area contributed by atoms with Crippen molar-refractivity contribution in [2.75, 3.05) is 5.32 Å². The molecule has 0 aliphatic rings. The number of carbonyl (C=O) groups is 2. The molecule has 92 valence electrons. The van der Waals surface area contributed by atoms with E-state index < -0.39 is 11.4 Å². The van der Waals surface area contributed by atoms with Gasteiger partial charge in [0.15, 0.2) is 0 Å². The van der Waals surface area contributed by atoms with Crippen LogP contribution >= 0.6 is 11.6 Å². The number of imide groups is 1. The quantitative estimate of drug-likeness (QED) is 0.809. The molecule has 0 atom stereocenters. The molecule has 0 aromatic heterocycles. The number of amides is 3. The average Bonchev–Trinajstić information content (AvgIpc) is 2.20. The fourth-order valence-corrected chi connectivity index (χ4v) is 1.19. The Hall–Kier alpha value is -1.55. The first-order chi connectivity index (χ1) is 7.80. The molecule has 0 radical (unpaired) electrons. The molecule has 0 saturated heterocycles. The van der Waals surface area contributed by atoms with Gasteiger partial charge >= 0.3 is 6.03 Å². The third-order valence-corrected chi connectivity index (χ3v) is 2.36. The van der Waals surface area contributed by atoms with Crippen LogP contribution in [0.25, 0.3) is 0 Å². The molecule has 3 amide bonds. The molecule has 17 heavy (non-hydrogen) atoms. The first-order valence-corrected chi connectivity index (χ1v) is 5.55. The lowest BCUT2D eigenvalue weighted by atomic mass is 9.96. The number of benzene rings is 1. The van der Waals surface area contributed by atoms with Crippen molar-refractivity contribution in [2.24, 2.45) is 5.41 Å². The minimum Gasteiger partial charge on any atom is -0.306 e. The second-order valence-corrected chi connectivity index (χ2v) is 5.05. The largest absolute Gasteiger partial charge is 0.325 e. The lowest BCUT2D eigenvalue weighted by Crippen LogP contribution is -2.41. The average molecular weight is 255 g/mol. The summed E-state index contributed by atoms with van der Waals surface area (Å²) in [4.78, 5) is 23.1. The first kappa shape index (κ1) is 13.5.